The third-order valence-electron chi connectivity index (χ3n) is 4.00. The summed E-state index contributed by atoms with van der Waals surface area (Å²) >= 11 is 1.27. The molecule has 2 aromatic carbocycles. The van der Waals surface area contributed by atoms with Gasteiger partial charge in [-0.3, -0.25) is 9.59 Å². The van der Waals surface area contributed by atoms with Crippen molar-refractivity contribution in [3.63, 3.8) is 0 Å². The number of halogens is 2. The predicted octanol–water partition coefficient (Wildman–Crippen LogP) is 3.31. The lowest BCUT2D eigenvalue weighted by atomic mass is 10.2. The highest BCUT2D eigenvalue weighted by atomic mass is 32.1. The number of nitrogens with one attached hydrogen (secondary N) is 2. The molecule has 0 radical (unpaired) electrons. The number of aromatic nitrogens is 1. The van der Waals surface area contributed by atoms with Crippen LogP contribution in [0.5, 0.6) is 0 Å². The van der Waals surface area contributed by atoms with Crippen LogP contribution in [0, 0.1) is 18.6 Å². The van der Waals surface area contributed by atoms with Crippen LogP contribution in [0.1, 0.15) is 16.1 Å². The molecule has 2 amide bonds. The molecule has 3 aromatic rings. The van der Waals surface area contributed by atoms with Gasteiger partial charge in [-0.1, -0.05) is 29.8 Å². The number of hydrogen-bond donors (Lipinski definition) is 2. The van der Waals surface area contributed by atoms with Crippen molar-refractivity contribution in [3.05, 3.63) is 70.7 Å². The van der Waals surface area contributed by atoms with Crippen molar-refractivity contribution in [1.82, 2.24) is 10.3 Å². The summed E-state index contributed by atoms with van der Waals surface area (Å²) in [5.74, 6) is -4.28. The molecule has 3 rings (SSSR count). The average molecular weight is 445 g/mol. The number of nitrogens with zero attached hydrogens (tertiary/aromatic N) is 1. The molecule has 0 saturated heterocycles. The molecule has 7 nitrogen and oxygen atoms in total. The Balaban J connectivity index is 1.44. The topological polar surface area (TPSA) is 97.4 Å². The molecule has 2 N–H and O–H groups in total. The normalized spacial score (nSPS) is 10.4. The van der Waals surface area contributed by atoms with Crippen LogP contribution in [-0.4, -0.2) is 35.9 Å². The smallest absolute Gasteiger partial charge is 0.358 e. The maximum absolute atomic E-state index is 13.1. The monoisotopic (exact) mass is 445 g/mol. The zero-order chi connectivity index (χ0) is 22.4. The molecule has 31 heavy (non-hydrogen) atoms. The number of ether oxygens (including phenoxy) is 1. The van der Waals surface area contributed by atoms with Gasteiger partial charge >= 0.3 is 5.97 Å². The Morgan fingerprint density at radius 2 is 1.77 bits per heavy atom. The molecule has 0 fully saturated rings. The van der Waals surface area contributed by atoms with Crippen LogP contribution in [0.15, 0.2) is 47.8 Å². The van der Waals surface area contributed by atoms with E-state index in [0.29, 0.717) is 5.01 Å². The third-order valence-corrected chi connectivity index (χ3v) is 4.89. The number of hydrogen-bond acceptors (Lipinski definition) is 6. The Bertz CT molecular complexity index is 1120. The minimum atomic E-state index is -1.11. The van der Waals surface area contributed by atoms with Crippen molar-refractivity contribution in [2.45, 2.75) is 6.92 Å². The van der Waals surface area contributed by atoms with Gasteiger partial charge in [0.15, 0.2) is 23.9 Å². The molecule has 0 spiro atoms. The Kier molecular flexibility index (Phi) is 7.03. The van der Waals surface area contributed by atoms with E-state index < -0.39 is 42.6 Å². The molecule has 0 aliphatic rings. The molecule has 160 valence electrons. The summed E-state index contributed by atoms with van der Waals surface area (Å²) in [6, 6.07) is 10.5. The number of rotatable bonds is 7. The van der Waals surface area contributed by atoms with Gasteiger partial charge in [0, 0.05) is 22.7 Å². The number of esters is 1. The van der Waals surface area contributed by atoms with E-state index in [-0.39, 0.29) is 11.4 Å². The van der Waals surface area contributed by atoms with Crippen LogP contribution < -0.4 is 10.6 Å². The van der Waals surface area contributed by atoms with E-state index in [1.54, 1.807) is 0 Å². The van der Waals surface area contributed by atoms with Crippen LogP contribution >= 0.6 is 11.3 Å². The average Bonchev–Trinajstić information content (AvgIpc) is 3.24. The van der Waals surface area contributed by atoms with E-state index in [0.717, 1.165) is 23.3 Å². The zero-order valence-electron chi connectivity index (χ0n) is 16.3. The second-order valence-corrected chi connectivity index (χ2v) is 7.29. The lowest BCUT2D eigenvalue weighted by Gasteiger charge is -2.07. The van der Waals surface area contributed by atoms with Crippen LogP contribution in [0.25, 0.3) is 10.6 Å². The summed E-state index contributed by atoms with van der Waals surface area (Å²) in [5.41, 5.74) is 2.07. The van der Waals surface area contributed by atoms with Crippen molar-refractivity contribution in [1.29, 1.82) is 0 Å². The molecule has 0 aliphatic carbocycles. The SMILES string of the molecule is Cc1ccc(-c2nc(C(=O)OCC(=O)NCC(=O)Nc3ccc(F)c(F)c3)cs2)cc1. The zero-order valence-corrected chi connectivity index (χ0v) is 17.1. The van der Waals surface area contributed by atoms with Gasteiger partial charge in [-0.25, -0.2) is 18.6 Å². The number of thiazole rings is 1. The molecule has 0 atom stereocenters. The van der Waals surface area contributed by atoms with Gasteiger partial charge in [0.1, 0.15) is 5.01 Å². The van der Waals surface area contributed by atoms with Gasteiger partial charge in [-0.15, -0.1) is 11.3 Å². The third kappa shape index (κ3) is 6.16. The summed E-state index contributed by atoms with van der Waals surface area (Å²) in [7, 11) is 0. The second kappa shape index (κ2) is 9.90. The molecular weight excluding hydrogens is 428 g/mol. The van der Waals surface area contributed by atoms with E-state index in [2.05, 4.69) is 15.6 Å². The van der Waals surface area contributed by atoms with E-state index in [4.69, 9.17) is 4.74 Å². The number of anilines is 1. The van der Waals surface area contributed by atoms with Gasteiger partial charge < -0.3 is 15.4 Å². The highest BCUT2D eigenvalue weighted by Gasteiger charge is 2.15. The Hall–Kier alpha value is -3.66. The quantitative estimate of drug-likeness (QED) is 0.544. The van der Waals surface area contributed by atoms with Crippen molar-refractivity contribution in [2.24, 2.45) is 0 Å². The van der Waals surface area contributed by atoms with Crippen LogP contribution in [0.4, 0.5) is 14.5 Å². The van der Waals surface area contributed by atoms with E-state index in [1.807, 2.05) is 31.2 Å². The summed E-state index contributed by atoms with van der Waals surface area (Å²) in [5, 5.41) is 6.74. The van der Waals surface area contributed by atoms with Crippen LogP contribution in [0.2, 0.25) is 0 Å². The Morgan fingerprint density at radius 3 is 2.48 bits per heavy atom. The molecule has 0 aliphatic heterocycles. The predicted molar refractivity (Wildman–Crippen MR) is 111 cm³/mol. The summed E-state index contributed by atoms with van der Waals surface area (Å²) in [6.45, 7) is 0.921. The minimum absolute atomic E-state index is 0.0393. The van der Waals surface area contributed by atoms with E-state index in [9.17, 15) is 23.2 Å². The van der Waals surface area contributed by atoms with Crippen LogP contribution in [0.3, 0.4) is 0 Å². The fourth-order valence-electron chi connectivity index (χ4n) is 2.41. The molecule has 0 saturated carbocycles. The lowest BCUT2D eigenvalue weighted by Crippen LogP contribution is -2.35. The first-order valence-electron chi connectivity index (χ1n) is 9.03. The van der Waals surface area contributed by atoms with Gasteiger partial charge in [-0.2, -0.15) is 0 Å². The summed E-state index contributed by atoms with van der Waals surface area (Å²) in [6.07, 6.45) is 0. The van der Waals surface area contributed by atoms with Gasteiger partial charge in [0.2, 0.25) is 5.91 Å². The maximum atomic E-state index is 13.1. The fraction of sp³-hybridized carbons (Fsp3) is 0.143. The number of carbonyl (C=O) groups is 3. The molecular formula is C21H17F2N3O4S. The molecule has 10 heteroatoms. The minimum Gasteiger partial charge on any atom is -0.451 e. The second-order valence-electron chi connectivity index (χ2n) is 6.43. The summed E-state index contributed by atoms with van der Waals surface area (Å²) < 4.78 is 30.9. The number of aryl methyl sites for hydroxylation is 1. The lowest BCUT2D eigenvalue weighted by molar-refractivity contribution is -0.126. The maximum Gasteiger partial charge on any atom is 0.358 e. The van der Waals surface area contributed by atoms with Gasteiger partial charge in [0.25, 0.3) is 5.91 Å². The molecule has 0 unspecified atom stereocenters. The molecule has 1 heterocycles. The van der Waals surface area contributed by atoms with Crippen molar-refractivity contribution in [3.8, 4) is 10.6 Å². The van der Waals surface area contributed by atoms with Crippen molar-refractivity contribution < 1.29 is 27.9 Å². The van der Waals surface area contributed by atoms with Gasteiger partial charge in [-0.05, 0) is 19.1 Å². The Labute approximate surface area is 180 Å². The van der Waals surface area contributed by atoms with E-state index in [1.165, 1.54) is 22.8 Å². The number of benzene rings is 2. The summed E-state index contributed by atoms with van der Waals surface area (Å²) in [4.78, 5) is 39.9. The first kappa shape index (κ1) is 22.0. The van der Waals surface area contributed by atoms with Crippen molar-refractivity contribution >= 4 is 34.8 Å². The first-order chi connectivity index (χ1) is 14.8. The number of carbonyl (C=O) groups excluding carboxylic acids is 3. The molecule has 1 aromatic heterocycles. The van der Waals surface area contributed by atoms with Crippen LogP contribution in [-0.2, 0) is 14.3 Å². The standard InChI is InChI=1S/C21H17F2N3O4S/c1-12-2-4-13(5-3-12)20-26-17(11-31-20)21(29)30-10-19(28)24-9-18(27)25-14-6-7-15(22)16(23)8-14/h2-8,11H,9-10H2,1H3,(H,24,28)(H,25,27). The largest absolute Gasteiger partial charge is 0.451 e. The van der Waals surface area contributed by atoms with Crippen molar-refractivity contribution in [2.75, 3.05) is 18.5 Å². The fourth-order valence-corrected chi connectivity index (χ4v) is 3.21. The van der Waals surface area contributed by atoms with Gasteiger partial charge in [0.05, 0.1) is 6.54 Å². The Morgan fingerprint density at radius 1 is 1.03 bits per heavy atom. The highest BCUT2D eigenvalue weighted by molar-refractivity contribution is 7.13. The highest BCUT2D eigenvalue weighted by Crippen LogP contribution is 2.24. The molecule has 0 bridgehead atoms. The first-order valence-corrected chi connectivity index (χ1v) is 9.91. The number of amides is 2. The van der Waals surface area contributed by atoms with E-state index >= 15 is 0 Å².